The van der Waals surface area contributed by atoms with E-state index >= 15 is 0 Å². The van der Waals surface area contributed by atoms with E-state index in [4.69, 9.17) is 0 Å². The third-order valence-electron chi connectivity index (χ3n) is 8.95. The Kier molecular flexibility index (Phi) is 3.89. The van der Waals surface area contributed by atoms with Crippen molar-refractivity contribution in [3.05, 3.63) is 120 Å². The number of nitrogens with zero attached hydrogens (tertiary/aromatic N) is 1. The predicted molar refractivity (Wildman–Crippen MR) is 163 cm³/mol. The van der Waals surface area contributed by atoms with Crippen LogP contribution in [-0.4, -0.2) is 4.57 Å². The van der Waals surface area contributed by atoms with Gasteiger partial charge in [0, 0.05) is 34.6 Å². The Balaban J connectivity index is 1.57. The van der Waals surface area contributed by atoms with Crippen molar-refractivity contribution in [2.24, 2.45) is 0 Å². The van der Waals surface area contributed by atoms with Crippen molar-refractivity contribution in [1.29, 1.82) is 0 Å². The Hall–Kier alpha value is -4.62. The maximum atomic E-state index is 2.55. The van der Waals surface area contributed by atoms with Gasteiger partial charge in [0.05, 0.1) is 5.52 Å². The van der Waals surface area contributed by atoms with E-state index in [0.717, 1.165) is 13.0 Å². The standard InChI is InChI=1S/C37H25N/c1-2-38-33-20-23-12-4-3-11-22(23)19-31(33)36-32-21-30-26-15-6-5-13-24(26)25-14-7-8-16-27(25)34(30)35(32)28-17-9-10-18-29(28)37(36)38/h3-20H,2,21H2,1H3. The Morgan fingerprint density at radius 3 is 1.76 bits per heavy atom. The number of aromatic nitrogens is 1. The number of fused-ring (bicyclic) bond motifs is 16. The minimum atomic E-state index is 0.944. The van der Waals surface area contributed by atoms with Crippen molar-refractivity contribution in [2.75, 3.05) is 0 Å². The van der Waals surface area contributed by atoms with Crippen LogP contribution in [0, 0.1) is 0 Å². The number of aryl methyl sites for hydroxylation is 1. The van der Waals surface area contributed by atoms with Crippen LogP contribution in [0.15, 0.2) is 109 Å². The summed E-state index contributed by atoms with van der Waals surface area (Å²) >= 11 is 0. The first-order valence-corrected chi connectivity index (χ1v) is 13.6. The van der Waals surface area contributed by atoms with Gasteiger partial charge in [-0.3, -0.25) is 0 Å². The highest BCUT2D eigenvalue weighted by atomic mass is 15.0. The fourth-order valence-corrected chi connectivity index (χ4v) is 7.47. The third-order valence-corrected chi connectivity index (χ3v) is 8.95. The van der Waals surface area contributed by atoms with Gasteiger partial charge in [0.25, 0.3) is 0 Å². The molecule has 0 radical (unpaired) electrons. The average molecular weight is 484 g/mol. The van der Waals surface area contributed by atoms with Crippen molar-refractivity contribution < 1.29 is 0 Å². The highest BCUT2D eigenvalue weighted by molar-refractivity contribution is 6.29. The zero-order chi connectivity index (χ0) is 25.0. The Morgan fingerprint density at radius 1 is 0.526 bits per heavy atom. The van der Waals surface area contributed by atoms with E-state index < -0.39 is 0 Å². The summed E-state index contributed by atoms with van der Waals surface area (Å²) in [5.41, 5.74) is 8.56. The van der Waals surface area contributed by atoms with Crippen LogP contribution in [0.1, 0.15) is 18.1 Å². The minimum absolute atomic E-state index is 0.944. The molecule has 0 N–H and O–H groups in total. The van der Waals surface area contributed by atoms with Crippen LogP contribution in [0.3, 0.4) is 0 Å². The SMILES string of the molecule is CCn1c2cc3ccccc3cc2c2c3c(c4ccccc4c21)-c1c(c2ccccc2c2ccccc12)C3. The van der Waals surface area contributed by atoms with Gasteiger partial charge >= 0.3 is 0 Å². The molecule has 178 valence electrons. The van der Waals surface area contributed by atoms with Crippen LogP contribution in [0.4, 0.5) is 0 Å². The number of benzene rings is 7. The molecule has 1 nitrogen and oxygen atoms in total. The Labute approximate surface area is 220 Å². The first kappa shape index (κ1) is 20.4. The largest absolute Gasteiger partial charge is 0.340 e. The lowest BCUT2D eigenvalue weighted by Gasteiger charge is -2.15. The number of rotatable bonds is 1. The smallest absolute Gasteiger partial charge is 0.0574 e. The molecule has 7 aromatic carbocycles. The Morgan fingerprint density at radius 2 is 1.05 bits per heavy atom. The fourth-order valence-electron chi connectivity index (χ4n) is 7.47. The van der Waals surface area contributed by atoms with Crippen molar-refractivity contribution in [2.45, 2.75) is 19.9 Å². The van der Waals surface area contributed by atoms with Crippen LogP contribution in [0.2, 0.25) is 0 Å². The molecule has 0 amide bonds. The molecule has 0 fully saturated rings. The average Bonchev–Trinajstić information content (AvgIpc) is 3.53. The highest BCUT2D eigenvalue weighted by Crippen LogP contribution is 2.53. The van der Waals surface area contributed by atoms with Crippen LogP contribution >= 0.6 is 0 Å². The van der Waals surface area contributed by atoms with E-state index in [1.54, 1.807) is 0 Å². The van der Waals surface area contributed by atoms with Gasteiger partial charge in [-0.1, -0.05) is 97.1 Å². The van der Waals surface area contributed by atoms with Gasteiger partial charge in [-0.25, -0.2) is 0 Å². The third kappa shape index (κ3) is 2.42. The van der Waals surface area contributed by atoms with E-state index in [2.05, 4.69) is 121 Å². The molecule has 0 saturated carbocycles. The second kappa shape index (κ2) is 7.24. The molecule has 1 heterocycles. The molecule has 1 heteroatoms. The first-order chi connectivity index (χ1) is 18.8. The van der Waals surface area contributed by atoms with Gasteiger partial charge in [-0.2, -0.15) is 0 Å². The van der Waals surface area contributed by atoms with E-state index in [0.29, 0.717) is 0 Å². The van der Waals surface area contributed by atoms with Gasteiger partial charge in [0.2, 0.25) is 0 Å². The first-order valence-electron chi connectivity index (χ1n) is 13.6. The fraction of sp³-hybridized carbons (Fsp3) is 0.0811. The molecule has 0 spiro atoms. The zero-order valence-electron chi connectivity index (χ0n) is 21.3. The summed E-state index contributed by atoms with van der Waals surface area (Å²) in [5, 5.41) is 13.6. The van der Waals surface area contributed by atoms with Crippen LogP contribution in [-0.2, 0) is 13.0 Å². The van der Waals surface area contributed by atoms with Crippen LogP contribution in [0.5, 0.6) is 0 Å². The van der Waals surface area contributed by atoms with E-state index in [-0.39, 0.29) is 0 Å². The summed E-state index contributed by atoms with van der Waals surface area (Å²) in [6.07, 6.45) is 0.965. The maximum absolute atomic E-state index is 2.55. The molecule has 1 aromatic heterocycles. The molecular formula is C37H25N. The molecule has 38 heavy (non-hydrogen) atoms. The number of hydrogen-bond donors (Lipinski definition) is 0. The summed E-state index contributed by atoms with van der Waals surface area (Å²) in [4.78, 5) is 0. The van der Waals surface area contributed by atoms with Gasteiger partial charge in [0.1, 0.15) is 0 Å². The highest BCUT2D eigenvalue weighted by Gasteiger charge is 2.30. The van der Waals surface area contributed by atoms with Gasteiger partial charge in [-0.05, 0) is 79.0 Å². The second-order valence-electron chi connectivity index (χ2n) is 10.7. The second-order valence-corrected chi connectivity index (χ2v) is 10.7. The lowest BCUT2D eigenvalue weighted by molar-refractivity contribution is 0.830. The summed E-state index contributed by atoms with van der Waals surface area (Å²) < 4.78 is 2.55. The summed E-state index contributed by atoms with van der Waals surface area (Å²) in [6, 6.07) is 40.7. The predicted octanol–water partition coefficient (Wildman–Crippen LogP) is 10.00. The molecule has 8 aromatic rings. The maximum Gasteiger partial charge on any atom is 0.0574 e. The van der Waals surface area contributed by atoms with E-state index in [1.807, 2.05) is 0 Å². The molecule has 0 atom stereocenters. The molecule has 0 aliphatic heterocycles. The quantitative estimate of drug-likeness (QED) is 0.205. The minimum Gasteiger partial charge on any atom is -0.340 e. The van der Waals surface area contributed by atoms with Crippen molar-refractivity contribution >= 4 is 64.9 Å². The number of hydrogen-bond acceptors (Lipinski definition) is 0. The lowest BCUT2D eigenvalue weighted by Crippen LogP contribution is -1.95. The summed E-state index contributed by atoms with van der Waals surface area (Å²) in [7, 11) is 0. The van der Waals surface area contributed by atoms with E-state index in [1.165, 1.54) is 87.1 Å². The summed E-state index contributed by atoms with van der Waals surface area (Å²) in [6.45, 7) is 3.23. The van der Waals surface area contributed by atoms with Gasteiger partial charge < -0.3 is 4.57 Å². The Bertz CT molecular complexity index is 2300. The summed E-state index contributed by atoms with van der Waals surface area (Å²) in [5.74, 6) is 0. The van der Waals surface area contributed by atoms with Crippen LogP contribution < -0.4 is 0 Å². The molecule has 9 rings (SSSR count). The van der Waals surface area contributed by atoms with Gasteiger partial charge in [-0.15, -0.1) is 0 Å². The molecular weight excluding hydrogens is 458 g/mol. The monoisotopic (exact) mass is 483 g/mol. The van der Waals surface area contributed by atoms with Crippen LogP contribution in [0.25, 0.3) is 76.0 Å². The molecule has 1 aliphatic rings. The van der Waals surface area contributed by atoms with Crippen molar-refractivity contribution in [1.82, 2.24) is 4.57 Å². The topological polar surface area (TPSA) is 4.93 Å². The van der Waals surface area contributed by atoms with Crippen molar-refractivity contribution in [3.8, 4) is 11.1 Å². The van der Waals surface area contributed by atoms with Crippen molar-refractivity contribution in [3.63, 3.8) is 0 Å². The van der Waals surface area contributed by atoms with E-state index in [9.17, 15) is 0 Å². The normalized spacial score (nSPS) is 12.9. The van der Waals surface area contributed by atoms with Gasteiger partial charge in [0.15, 0.2) is 0 Å². The zero-order valence-corrected chi connectivity index (χ0v) is 21.3. The molecule has 0 bridgehead atoms. The molecule has 1 aliphatic carbocycles. The molecule has 0 saturated heterocycles. The molecule has 0 unspecified atom stereocenters. The lowest BCUT2D eigenvalue weighted by atomic mass is 9.89.